The van der Waals surface area contributed by atoms with E-state index in [-0.39, 0.29) is 11.5 Å². The zero-order valence-electron chi connectivity index (χ0n) is 16.3. The number of hydrogen-bond acceptors (Lipinski definition) is 7. The fraction of sp³-hybridized carbons (Fsp3) is 0.579. The Morgan fingerprint density at radius 3 is 3.11 bits per heavy atom. The van der Waals surface area contributed by atoms with Crippen LogP contribution in [0.1, 0.15) is 50.4 Å². The minimum Gasteiger partial charge on any atom is -0.387 e. The van der Waals surface area contributed by atoms with E-state index in [1.807, 2.05) is 16.3 Å². The summed E-state index contributed by atoms with van der Waals surface area (Å²) in [7, 11) is 0. The van der Waals surface area contributed by atoms with Gasteiger partial charge >= 0.3 is 0 Å². The number of oxime groups is 1. The van der Waals surface area contributed by atoms with E-state index in [0.717, 1.165) is 38.2 Å². The van der Waals surface area contributed by atoms with Crippen LogP contribution in [0.5, 0.6) is 0 Å². The number of aromatic nitrogens is 3. The highest BCUT2D eigenvalue weighted by atomic mass is 32.1. The summed E-state index contributed by atoms with van der Waals surface area (Å²) in [6, 6.07) is 0.360. The van der Waals surface area contributed by atoms with Crippen molar-refractivity contribution in [3.8, 4) is 0 Å². The van der Waals surface area contributed by atoms with Gasteiger partial charge in [-0.15, -0.1) is 11.3 Å². The molecule has 1 fully saturated rings. The number of hydrogen-bond donors (Lipinski definition) is 1. The van der Waals surface area contributed by atoms with E-state index in [0.29, 0.717) is 24.7 Å². The van der Waals surface area contributed by atoms with Gasteiger partial charge in [-0.25, -0.2) is 4.98 Å². The highest BCUT2D eigenvalue weighted by Crippen LogP contribution is 2.34. The molecule has 0 unspecified atom stereocenters. The molecular formula is C19H26N6O2S. The molecule has 4 rings (SSSR count). The van der Waals surface area contributed by atoms with Crippen LogP contribution in [0.15, 0.2) is 28.4 Å². The summed E-state index contributed by atoms with van der Waals surface area (Å²) in [5.41, 5.74) is 3.90. The summed E-state index contributed by atoms with van der Waals surface area (Å²) in [4.78, 5) is 24.8. The van der Waals surface area contributed by atoms with Gasteiger partial charge in [0.25, 0.3) is 5.91 Å². The lowest BCUT2D eigenvalue weighted by molar-refractivity contribution is -0.115. The SMILES string of the molecule is CC(C)n1cc(CN2CCC[C@]3(CC(C(=O)NCc4cscn4)=NO3)C2)cn1. The molecule has 1 amide bonds. The summed E-state index contributed by atoms with van der Waals surface area (Å²) in [6.07, 6.45) is 6.54. The van der Waals surface area contributed by atoms with Gasteiger partial charge in [0.1, 0.15) is 5.71 Å². The number of thiazole rings is 1. The maximum absolute atomic E-state index is 12.4. The number of amides is 1. The molecule has 0 saturated carbocycles. The minimum atomic E-state index is -0.389. The number of nitrogens with zero attached hydrogens (tertiary/aromatic N) is 5. The summed E-state index contributed by atoms with van der Waals surface area (Å²) in [5.74, 6) is -0.166. The number of piperidine rings is 1. The van der Waals surface area contributed by atoms with E-state index >= 15 is 0 Å². The lowest BCUT2D eigenvalue weighted by Gasteiger charge is -2.38. The second kappa shape index (κ2) is 8.00. The minimum absolute atomic E-state index is 0.166. The number of likely N-dealkylation sites (tertiary alicyclic amines) is 1. The molecule has 1 saturated heterocycles. The van der Waals surface area contributed by atoms with Crippen molar-refractivity contribution in [1.29, 1.82) is 0 Å². The quantitative estimate of drug-likeness (QED) is 0.802. The van der Waals surface area contributed by atoms with Crippen molar-refractivity contribution in [2.75, 3.05) is 13.1 Å². The van der Waals surface area contributed by atoms with Gasteiger partial charge in [0, 0.05) is 42.7 Å². The topological polar surface area (TPSA) is 84.6 Å². The van der Waals surface area contributed by atoms with Crippen molar-refractivity contribution in [3.63, 3.8) is 0 Å². The van der Waals surface area contributed by atoms with Gasteiger partial charge in [-0.05, 0) is 33.2 Å². The van der Waals surface area contributed by atoms with Crippen molar-refractivity contribution >= 4 is 23.0 Å². The third kappa shape index (κ3) is 4.25. The highest BCUT2D eigenvalue weighted by Gasteiger charge is 2.44. The zero-order valence-corrected chi connectivity index (χ0v) is 17.1. The smallest absolute Gasteiger partial charge is 0.269 e. The van der Waals surface area contributed by atoms with Gasteiger partial charge in [-0.2, -0.15) is 5.10 Å². The van der Waals surface area contributed by atoms with Crippen LogP contribution in [-0.2, 0) is 22.7 Å². The van der Waals surface area contributed by atoms with E-state index in [1.165, 1.54) is 16.9 Å². The van der Waals surface area contributed by atoms with Gasteiger partial charge in [-0.1, -0.05) is 5.16 Å². The van der Waals surface area contributed by atoms with E-state index in [1.54, 1.807) is 5.51 Å². The summed E-state index contributed by atoms with van der Waals surface area (Å²) in [5, 5.41) is 13.4. The summed E-state index contributed by atoms with van der Waals surface area (Å²) < 4.78 is 1.98. The fourth-order valence-electron chi connectivity index (χ4n) is 3.78. The molecule has 28 heavy (non-hydrogen) atoms. The average Bonchev–Trinajstić information content (AvgIpc) is 3.41. The van der Waals surface area contributed by atoms with Crippen LogP contribution >= 0.6 is 11.3 Å². The molecule has 0 radical (unpaired) electrons. The molecule has 2 aliphatic heterocycles. The highest BCUT2D eigenvalue weighted by molar-refractivity contribution is 7.07. The molecule has 9 heteroatoms. The Hall–Kier alpha value is -2.26. The van der Waals surface area contributed by atoms with Crippen LogP contribution in [0.25, 0.3) is 0 Å². The third-order valence-electron chi connectivity index (χ3n) is 5.22. The van der Waals surface area contributed by atoms with E-state index in [4.69, 9.17) is 4.84 Å². The second-order valence-electron chi connectivity index (χ2n) is 7.89. The summed E-state index contributed by atoms with van der Waals surface area (Å²) in [6.45, 7) is 7.29. The molecule has 0 bridgehead atoms. The van der Waals surface area contributed by atoms with Crippen molar-refractivity contribution in [2.24, 2.45) is 5.16 Å². The van der Waals surface area contributed by atoms with Crippen molar-refractivity contribution in [1.82, 2.24) is 25.0 Å². The lowest BCUT2D eigenvalue weighted by atomic mass is 9.88. The van der Waals surface area contributed by atoms with Crippen molar-refractivity contribution in [3.05, 3.63) is 34.5 Å². The van der Waals surface area contributed by atoms with Crippen LogP contribution in [0.3, 0.4) is 0 Å². The maximum atomic E-state index is 12.4. The first-order valence-electron chi connectivity index (χ1n) is 9.69. The number of nitrogens with one attached hydrogen (secondary N) is 1. The molecule has 2 aromatic rings. The normalized spacial score (nSPS) is 22.5. The van der Waals surface area contributed by atoms with Crippen molar-refractivity contribution < 1.29 is 9.63 Å². The Balaban J connectivity index is 1.32. The molecule has 2 aliphatic rings. The molecule has 1 N–H and O–H groups in total. The van der Waals surface area contributed by atoms with Crippen LogP contribution in [-0.4, -0.2) is 50.0 Å². The Morgan fingerprint density at radius 1 is 1.46 bits per heavy atom. The molecule has 1 atom stereocenters. The first-order chi connectivity index (χ1) is 13.5. The van der Waals surface area contributed by atoms with Gasteiger partial charge < -0.3 is 10.2 Å². The Bertz CT molecular complexity index is 846. The second-order valence-corrected chi connectivity index (χ2v) is 8.61. The van der Waals surface area contributed by atoms with Gasteiger partial charge in [-0.3, -0.25) is 14.4 Å². The molecule has 8 nitrogen and oxygen atoms in total. The average molecular weight is 403 g/mol. The number of carbonyl (C=O) groups excluding carboxylic acids is 1. The largest absolute Gasteiger partial charge is 0.387 e. The zero-order chi connectivity index (χ0) is 19.6. The molecule has 0 aliphatic carbocycles. The van der Waals surface area contributed by atoms with Crippen LogP contribution in [0, 0.1) is 0 Å². The number of rotatable bonds is 6. The van der Waals surface area contributed by atoms with Gasteiger partial charge in [0.15, 0.2) is 5.60 Å². The molecule has 0 aromatic carbocycles. The fourth-order valence-corrected chi connectivity index (χ4v) is 4.34. The predicted octanol–water partition coefficient (Wildman–Crippen LogP) is 2.35. The Kier molecular flexibility index (Phi) is 5.45. The predicted molar refractivity (Wildman–Crippen MR) is 107 cm³/mol. The van der Waals surface area contributed by atoms with E-state index in [2.05, 4.69) is 45.5 Å². The van der Waals surface area contributed by atoms with E-state index in [9.17, 15) is 4.79 Å². The van der Waals surface area contributed by atoms with Gasteiger partial charge in [0.05, 0.1) is 23.9 Å². The van der Waals surface area contributed by atoms with Crippen LogP contribution in [0.2, 0.25) is 0 Å². The standard InChI is InChI=1S/C19H26N6O2S/c1-14(2)25-10-15(7-22-25)9-24-5-3-4-19(12-24)6-17(23-27-19)18(26)20-8-16-11-28-13-21-16/h7,10-11,13-14H,3-6,8-9,12H2,1-2H3,(H,20,26)/t19-/m0/s1. The number of carbonyl (C=O) groups is 1. The molecule has 4 heterocycles. The summed E-state index contributed by atoms with van der Waals surface area (Å²) >= 11 is 1.52. The third-order valence-corrected chi connectivity index (χ3v) is 5.86. The first kappa shape index (κ1) is 19.1. The molecule has 150 valence electrons. The first-order valence-corrected chi connectivity index (χ1v) is 10.6. The Labute approximate surface area is 168 Å². The maximum Gasteiger partial charge on any atom is 0.269 e. The van der Waals surface area contributed by atoms with Crippen LogP contribution < -0.4 is 5.32 Å². The Morgan fingerprint density at radius 2 is 2.36 bits per heavy atom. The van der Waals surface area contributed by atoms with Crippen LogP contribution in [0.4, 0.5) is 0 Å². The van der Waals surface area contributed by atoms with Gasteiger partial charge in [0.2, 0.25) is 0 Å². The molecule has 2 aromatic heterocycles. The van der Waals surface area contributed by atoms with Crippen molar-refractivity contribution in [2.45, 2.75) is 57.8 Å². The monoisotopic (exact) mass is 402 g/mol. The molecular weight excluding hydrogens is 376 g/mol. The molecule has 1 spiro atoms. The lowest BCUT2D eigenvalue weighted by Crippen LogP contribution is -2.48. The van der Waals surface area contributed by atoms with E-state index < -0.39 is 0 Å².